The lowest BCUT2D eigenvalue weighted by molar-refractivity contribution is 0.0706. The number of nitrogens with zero attached hydrogens (tertiary/aromatic N) is 2. The Kier molecular flexibility index (Phi) is 6.46. The van der Waals surface area contributed by atoms with Crippen molar-refractivity contribution in [2.75, 3.05) is 33.3 Å². The summed E-state index contributed by atoms with van der Waals surface area (Å²) in [7, 11) is 1.59. The van der Waals surface area contributed by atoms with Crippen molar-refractivity contribution in [2.24, 2.45) is 0 Å². The summed E-state index contributed by atoms with van der Waals surface area (Å²) in [6.45, 7) is 6.65. The van der Waals surface area contributed by atoms with Crippen LogP contribution in [0.3, 0.4) is 0 Å². The zero-order chi connectivity index (χ0) is 17.5. The molecule has 1 aromatic rings. The van der Waals surface area contributed by atoms with Crippen molar-refractivity contribution in [3.63, 3.8) is 0 Å². The average Bonchev–Trinajstić information content (AvgIpc) is 2.63. The minimum atomic E-state index is -0.0161. The standard InChI is InChI=1S/C18H27N3O3/c1-4-20(5-2)18(23)19-15-9-11-21(12-10-15)17(22)14-7-6-8-16(13-14)24-3/h6-8,13,15H,4-5,9-12H2,1-3H3,(H,19,23). The number of rotatable bonds is 5. The van der Waals surface area contributed by atoms with E-state index in [1.807, 2.05) is 30.9 Å². The highest BCUT2D eigenvalue weighted by Gasteiger charge is 2.25. The van der Waals surface area contributed by atoms with Crippen molar-refractivity contribution < 1.29 is 14.3 Å². The van der Waals surface area contributed by atoms with Gasteiger partial charge in [0.15, 0.2) is 0 Å². The quantitative estimate of drug-likeness (QED) is 0.900. The highest BCUT2D eigenvalue weighted by atomic mass is 16.5. The number of nitrogens with one attached hydrogen (secondary N) is 1. The second kappa shape index (κ2) is 8.57. The van der Waals surface area contributed by atoms with Crippen LogP contribution in [0, 0.1) is 0 Å². The number of benzene rings is 1. The fourth-order valence-corrected chi connectivity index (χ4v) is 2.94. The number of likely N-dealkylation sites (tertiary alicyclic amines) is 1. The van der Waals surface area contributed by atoms with E-state index >= 15 is 0 Å². The zero-order valence-corrected chi connectivity index (χ0v) is 14.7. The molecule has 0 aliphatic carbocycles. The predicted octanol–water partition coefficient (Wildman–Crippen LogP) is 2.35. The minimum absolute atomic E-state index is 0.0161. The van der Waals surface area contributed by atoms with Gasteiger partial charge in [-0.2, -0.15) is 0 Å². The van der Waals surface area contributed by atoms with Gasteiger partial charge in [-0.25, -0.2) is 4.79 Å². The first-order valence-electron chi connectivity index (χ1n) is 8.57. The van der Waals surface area contributed by atoms with Gasteiger partial charge in [-0.05, 0) is 44.9 Å². The van der Waals surface area contributed by atoms with E-state index in [2.05, 4.69) is 5.32 Å². The Bertz CT molecular complexity index is 564. The Balaban J connectivity index is 1.88. The number of carbonyl (C=O) groups is 2. The fourth-order valence-electron chi connectivity index (χ4n) is 2.94. The number of methoxy groups -OCH3 is 1. The summed E-state index contributed by atoms with van der Waals surface area (Å²) < 4.78 is 5.17. The molecule has 0 atom stereocenters. The highest BCUT2D eigenvalue weighted by Crippen LogP contribution is 2.18. The van der Waals surface area contributed by atoms with Crippen LogP contribution in [0.15, 0.2) is 24.3 Å². The molecule has 1 fully saturated rings. The number of amides is 3. The lowest BCUT2D eigenvalue weighted by atomic mass is 10.0. The maximum Gasteiger partial charge on any atom is 0.317 e. The molecule has 3 amide bonds. The number of hydrogen-bond donors (Lipinski definition) is 1. The van der Waals surface area contributed by atoms with E-state index in [0.717, 1.165) is 12.8 Å². The predicted molar refractivity (Wildman–Crippen MR) is 93.4 cm³/mol. The maximum absolute atomic E-state index is 12.6. The molecular weight excluding hydrogens is 306 g/mol. The van der Waals surface area contributed by atoms with Gasteiger partial charge in [0.25, 0.3) is 5.91 Å². The first-order valence-corrected chi connectivity index (χ1v) is 8.57. The first kappa shape index (κ1) is 18.1. The van der Waals surface area contributed by atoms with Gasteiger partial charge in [0.1, 0.15) is 5.75 Å². The van der Waals surface area contributed by atoms with E-state index in [-0.39, 0.29) is 18.0 Å². The van der Waals surface area contributed by atoms with Crippen LogP contribution < -0.4 is 10.1 Å². The molecule has 0 radical (unpaired) electrons. The molecule has 1 aliphatic heterocycles. The summed E-state index contributed by atoms with van der Waals surface area (Å²) in [4.78, 5) is 28.3. The third kappa shape index (κ3) is 4.40. The van der Waals surface area contributed by atoms with E-state index in [1.165, 1.54) is 0 Å². The fraction of sp³-hybridized carbons (Fsp3) is 0.556. The molecule has 1 aromatic carbocycles. The van der Waals surface area contributed by atoms with Gasteiger partial charge in [0.2, 0.25) is 0 Å². The number of carbonyl (C=O) groups excluding carboxylic acids is 2. The van der Waals surface area contributed by atoms with E-state index in [1.54, 1.807) is 24.1 Å². The molecule has 132 valence electrons. The molecule has 6 heteroatoms. The third-order valence-electron chi connectivity index (χ3n) is 4.48. The van der Waals surface area contributed by atoms with Gasteiger partial charge < -0.3 is 19.9 Å². The Morgan fingerprint density at radius 2 is 1.92 bits per heavy atom. The summed E-state index contributed by atoms with van der Waals surface area (Å²) in [6, 6.07) is 7.33. The van der Waals surface area contributed by atoms with E-state index in [9.17, 15) is 9.59 Å². The van der Waals surface area contributed by atoms with E-state index < -0.39 is 0 Å². The Morgan fingerprint density at radius 3 is 2.50 bits per heavy atom. The number of hydrogen-bond acceptors (Lipinski definition) is 3. The number of urea groups is 1. The van der Waals surface area contributed by atoms with Gasteiger partial charge in [0.05, 0.1) is 7.11 Å². The summed E-state index contributed by atoms with van der Waals surface area (Å²) in [5.41, 5.74) is 0.639. The molecule has 0 saturated carbocycles. The molecule has 1 N–H and O–H groups in total. The number of piperidine rings is 1. The van der Waals surface area contributed by atoms with Crippen LogP contribution in [0.2, 0.25) is 0 Å². The third-order valence-corrected chi connectivity index (χ3v) is 4.48. The first-order chi connectivity index (χ1) is 11.6. The lowest BCUT2D eigenvalue weighted by Gasteiger charge is -2.33. The summed E-state index contributed by atoms with van der Waals surface area (Å²) in [5.74, 6) is 0.699. The van der Waals surface area contributed by atoms with Crippen LogP contribution in [-0.2, 0) is 0 Å². The normalized spacial score (nSPS) is 15.0. The zero-order valence-electron chi connectivity index (χ0n) is 14.7. The topological polar surface area (TPSA) is 61.9 Å². The lowest BCUT2D eigenvalue weighted by Crippen LogP contribution is -2.50. The molecule has 6 nitrogen and oxygen atoms in total. The Hall–Kier alpha value is -2.24. The SMILES string of the molecule is CCN(CC)C(=O)NC1CCN(C(=O)c2cccc(OC)c2)CC1. The van der Waals surface area contributed by atoms with Crippen molar-refractivity contribution >= 4 is 11.9 Å². The van der Waals surface area contributed by atoms with Crippen LogP contribution >= 0.6 is 0 Å². The molecule has 1 heterocycles. The molecule has 0 aromatic heterocycles. The van der Waals surface area contributed by atoms with Crippen molar-refractivity contribution in [1.29, 1.82) is 0 Å². The molecule has 2 rings (SSSR count). The Morgan fingerprint density at radius 1 is 1.25 bits per heavy atom. The van der Waals surface area contributed by atoms with Crippen LogP contribution in [0.5, 0.6) is 5.75 Å². The molecule has 0 bridgehead atoms. The Labute approximate surface area is 143 Å². The molecule has 0 unspecified atom stereocenters. The smallest absolute Gasteiger partial charge is 0.317 e. The van der Waals surface area contributed by atoms with E-state index in [4.69, 9.17) is 4.74 Å². The molecule has 24 heavy (non-hydrogen) atoms. The van der Waals surface area contributed by atoms with Crippen LogP contribution in [0.4, 0.5) is 4.79 Å². The van der Waals surface area contributed by atoms with Gasteiger partial charge in [0, 0.05) is 37.8 Å². The summed E-state index contributed by atoms with van der Waals surface area (Å²) >= 11 is 0. The summed E-state index contributed by atoms with van der Waals surface area (Å²) in [5, 5.41) is 3.07. The average molecular weight is 333 g/mol. The second-order valence-corrected chi connectivity index (χ2v) is 5.92. The van der Waals surface area contributed by atoms with Gasteiger partial charge in [-0.3, -0.25) is 4.79 Å². The van der Waals surface area contributed by atoms with Crippen LogP contribution in [0.25, 0.3) is 0 Å². The van der Waals surface area contributed by atoms with Crippen molar-refractivity contribution in [2.45, 2.75) is 32.7 Å². The molecule has 0 spiro atoms. The van der Waals surface area contributed by atoms with Crippen LogP contribution in [-0.4, -0.2) is 61.1 Å². The largest absolute Gasteiger partial charge is 0.497 e. The highest BCUT2D eigenvalue weighted by molar-refractivity contribution is 5.94. The van der Waals surface area contributed by atoms with Gasteiger partial charge in [-0.1, -0.05) is 6.07 Å². The van der Waals surface area contributed by atoms with Crippen molar-refractivity contribution in [3.8, 4) is 5.75 Å². The molecular formula is C18H27N3O3. The number of ether oxygens (including phenoxy) is 1. The van der Waals surface area contributed by atoms with Crippen LogP contribution in [0.1, 0.15) is 37.0 Å². The maximum atomic E-state index is 12.6. The van der Waals surface area contributed by atoms with Gasteiger partial charge in [-0.15, -0.1) is 0 Å². The van der Waals surface area contributed by atoms with Crippen molar-refractivity contribution in [3.05, 3.63) is 29.8 Å². The molecule has 1 aliphatic rings. The molecule has 1 saturated heterocycles. The van der Waals surface area contributed by atoms with E-state index in [0.29, 0.717) is 37.5 Å². The van der Waals surface area contributed by atoms with Crippen molar-refractivity contribution in [1.82, 2.24) is 15.1 Å². The second-order valence-electron chi connectivity index (χ2n) is 5.92. The minimum Gasteiger partial charge on any atom is -0.497 e. The van der Waals surface area contributed by atoms with Gasteiger partial charge >= 0.3 is 6.03 Å². The summed E-state index contributed by atoms with van der Waals surface area (Å²) in [6.07, 6.45) is 1.56. The monoisotopic (exact) mass is 333 g/mol.